The number of nitrogens with one attached hydrogen (secondary N) is 1. The van der Waals surface area contributed by atoms with Crippen molar-refractivity contribution in [2.24, 2.45) is 0 Å². The van der Waals surface area contributed by atoms with Gasteiger partial charge in [-0.05, 0) is 26.2 Å². The third-order valence-corrected chi connectivity index (χ3v) is 3.75. The standard InChI is InChI=1S/C16H25N3O2/c1-13-10-15(21-2)11-14(18-13)12-17-7-6-16(20)19-8-4-3-5-9-19/h10-11,17H,3-9,12H2,1-2H3. The number of carbonyl (C=O) groups excluding carboxylic acids is 1. The van der Waals surface area contributed by atoms with Gasteiger partial charge in [-0.3, -0.25) is 9.78 Å². The number of rotatable bonds is 6. The summed E-state index contributed by atoms with van der Waals surface area (Å²) < 4.78 is 5.23. The van der Waals surface area contributed by atoms with E-state index in [4.69, 9.17) is 4.74 Å². The van der Waals surface area contributed by atoms with Crippen LogP contribution in [0.15, 0.2) is 12.1 Å². The van der Waals surface area contributed by atoms with Crippen LogP contribution >= 0.6 is 0 Å². The number of piperidine rings is 1. The third kappa shape index (κ3) is 5.01. The number of likely N-dealkylation sites (tertiary alicyclic amines) is 1. The van der Waals surface area contributed by atoms with Crippen LogP contribution in [0.5, 0.6) is 5.75 Å². The lowest BCUT2D eigenvalue weighted by Gasteiger charge is -2.26. The van der Waals surface area contributed by atoms with Gasteiger partial charge in [0.05, 0.1) is 12.8 Å². The molecule has 21 heavy (non-hydrogen) atoms. The smallest absolute Gasteiger partial charge is 0.223 e. The number of ether oxygens (including phenoxy) is 1. The first-order valence-electron chi connectivity index (χ1n) is 7.69. The quantitative estimate of drug-likeness (QED) is 0.813. The molecular weight excluding hydrogens is 266 g/mol. The Morgan fingerprint density at radius 1 is 1.33 bits per heavy atom. The summed E-state index contributed by atoms with van der Waals surface area (Å²) in [5.41, 5.74) is 1.88. The second-order valence-corrected chi connectivity index (χ2v) is 5.51. The minimum absolute atomic E-state index is 0.261. The highest BCUT2D eigenvalue weighted by atomic mass is 16.5. The van der Waals surface area contributed by atoms with E-state index in [2.05, 4.69) is 10.3 Å². The van der Waals surface area contributed by atoms with Crippen LogP contribution in [0.4, 0.5) is 0 Å². The van der Waals surface area contributed by atoms with Crippen molar-refractivity contribution in [2.75, 3.05) is 26.7 Å². The molecule has 2 rings (SSSR count). The van der Waals surface area contributed by atoms with Crippen LogP contribution in [0.2, 0.25) is 0 Å². The van der Waals surface area contributed by atoms with Crippen molar-refractivity contribution in [3.8, 4) is 5.75 Å². The highest BCUT2D eigenvalue weighted by Gasteiger charge is 2.15. The lowest BCUT2D eigenvalue weighted by molar-refractivity contribution is -0.131. The molecule has 1 aliphatic heterocycles. The number of nitrogens with zero attached hydrogens (tertiary/aromatic N) is 2. The average Bonchev–Trinajstić information content (AvgIpc) is 2.51. The molecule has 1 aliphatic rings. The van der Waals surface area contributed by atoms with Crippen LogP contribution < -0.4 is 10.1 Å². The molecule has 0 aromatic carbocycles. The van der Waals surface area contributed by atoms with E-state index < -0.39 is 0 Å². The van der Waals surface area contributed by atoms with Gasteiger partial charge in [-0.25, -0.2) is 0 Å². The van der Waals surface area contributed by atoms with Crippen molar-refractivity contribution in [2.45, 2.75) is 39.2 Å². The Bertz CT molecular complexity index is 471. The number of aryl methyl sites for hydroxylation is 1. The second-order valence-electron chi connectivity index (χ2n) is 5.51. The highest BCUT2D eigenvalue weighted by Crippen LogP contribution is 2.13. The molecule has 0 saturated carbocycles. The largest absolute Gasteiger partial charge is 0.497 e. The summed E-state index contributed by atoms with van der Waals surface area (Å²) in [5, 5.41) is 3.28. The fourth-order valence-electron chi connectivity index (χ4n) is 2.62. The minimum Gasteiger partial charge on any atom is -0.497 e. The molecule has 1 N–H and O–H groups in total. The van der Waals surface area contributed by atoms with Crippen LogP contribution in [0, 0.1) is 6.92 Å². The van der Waals surface area contributed by atoms with Crippen molar-refractivity contribution >= 4 is 5.91 Å². The Hall–Kier alpha value is -1.62. The van der Waals surface area contributed by atoms with E-state index in [1.807, 2.05) is 24.0 Å². The summed E-state index contributed by atoms with van der Waals surface area (Å²) in [7, 11) is 1.66. The minimum atomic E-state index is 0.261. The van der Waals surface area contributed by atoms with Gasteiger partial charge in [0.2, 0.25) is 5.91 Å². The topological polar surface area (TPSA) is 54.5 Å². The van der Waals surface area contributed by atoms with E-state index in [0.717, 1.165) is 43.1 Å². The number of methoxy groups -OCH3 is 1. The molecule has 0 unspecified atom stereocenters. The highest BCUT2D eigenvalue weighted by molar-refractivity contribution is 5.76. The van der Waals surface area contributed by atoms with Crippen molar-refractivity contribution in [3.63, 3.8) is 0 Å². The molecule has 1 saturated heterocycles. The van der Waals surface area contributed by atoms with Crippen molar-refractivity contribution in [1.29, 1.82) is 0 Å². The van der Waals surface area contributed by atoms with Crippen LogP contribution in [-0.2, 0) is 11.3 Å². The molecule has 0 bridgehead atoms. The maximum atomic E-state index is 12.0. The molecule has 1 fully saturated rings. The lowest BCUT2D eigenvalue weighted by Crippen LogP contribution is -2.37. The third-order valence-electron chi connectivity index (χ3n) is 3.75. The first kappa shape index (κ1) is 15.8. The molecule has 2 heterocycles. The summed E-state index contributed by atoms with van der Waals surface area (Å²) in [4.78, 5) is 18.4. The van der Waals surface area contributed by atoms with Gasteiger partial charge in [0.1, 0.15) is 5.75 Å². The molecule has 0 aliphatic carbocycles. The van der Waals surface area contributed by atoms with Gasteiger partial charge in [0, 0.05) is 50.4 Å². The maximum absolute atomic E-state index is 12.0. The van der Waals surface area contributed by atoms with E-state index in [-0.39, 0.29) is 5.91 Å². The van der Waals surface area contributed by atoms with Crippen LogP contribution in [0.25, 0.3) is 0 Å². The lowest BCUT2D eigenvalue weighted by atomic mass is 10.1. The molecular formula is C16H25N3O2. The molecule has 1 amide bonds. The van der Waals surface area contributed by atoms with Crippen molar-refractivity contribution in [1.82, 2.24) is 15.2 Å². The number of hydrogen-bond donors (Lipinski definition) is 1. The number of aromatic nitrogens is 1. The van der Waals surface area contributed by atoms with Gasteiger partial charge in [0.25, 0.3) is 0 Å². The molecule has 0 atom stereocenters. The Morgan fingerprint density at radius 3 is 2.81 bits per heavy atom. The van der Waals surface area contributed by atoms with Gasteiger partial charge < -0.3 is 15.0 Å². The summed E-state index contributed by atoms with van der Waals surface area (Å²) in [6, 6.07) is 3.83. The molecule has 5 nitrogen and oxygen atoms in total. The Kier molecular flexibility index (Phi) is 5.99. The molecule has 0 spiro atoms. The average molecular weight is 291 g/mol. The monoisotopic (exact) mass is 291 g/mol. The summed E-state index contributed by atoms with van der Waals surface area (Å²) in [6.45, 7) is 5.15. The molecule has 5 heteroatoms. The zero-order chi connectivity index (χ0) is 15.1. The predicted molar refractivity (Wildman–Crippen MR) is 82.3 cm³/mol. The Morgan fingerprint density at radius 2 is 2.10 bits per heavy atom. The van der Waals surface area contributed by atoms with E-state index in [9.17, 15) is 4.79 Å². The SMILES string of the molecule is COc1cc(C)nc(CNCCC(=O)N2CCCCC2)c1. The second kappa shape index (κ2) is 7.98. The Balaban J connectivity index is 1.71. The molecule has 116 valence electrons. The zero-order valence-electron chi connectivity index (χ0n) is 13.0. The first-order chi connectivity index (χ1) is 10.2. The van der Waals surface area contributed by atoms with Crippen molar-refractivity contribution in [3.05, 3.63) is 23.5 Å². The van der Waals surface area contributed by atoms with Gasteiger partial charge in [-0.1, -0.05) is 0 Å². The van der Waals surface area contributed by atoms with Gasteiger partial charge in [-0.2, -0.15) is 0 Å². The van der Waals surface area contributed by atoms with E-state index >= 15 is 0 Å². The van der Waals surface area contributed by atoms with Crippen LogP contribution in [0.3, 0.4) is 0 Å². The van der Waals surface area contributed by atoms with E-state index in [1.54, 1.807) is 7.11 Å². The molecule has 0 radical (unpaired) electrons. The zero-order valence-corrected chi connectivity index (χ0v) is 13.0. The summed E-state index contributed by atoms with van der Waals surface area (Å²) >= 11 is 0. The first-order valence-corrected chi connectivity index (χ1v) is 7.69. The van der Waals surface area contributed by atoms with E-state index in [0.29, 0.717) is 19.5 Å². The normalized spacial score (nSPS) is 15.0. The fourth-order valence-corrected chi connectivity index (χ4v) is 2.62. The number of pyridine rings is 1. The summed E-state index contributed by atoms with van der Waals surface area (Å²) in [6.07, 6.45) is 4.10. The summed E-state index contributed by atoms with van der Waals surface area (Å²) in [5.74, 6) is 1.08. The van der Waals surface area contributed by atoms with Crippen molar-refractivity contribution < 1.29 is 9.53 Å². The molecule has 1 aromatic rings. The number of amides is 1. The van der Waals surface area contributed by atoms with Crippen LogP contribution in [0.1, 0.15) is 37.1 Å². The fraction of sp³-hybridized carbons (Fsp3) is 0.625. The van der Waals surface area contributed by atoms with Gasteiger partial charge >= 0.3 is 0 Å². The maximum Gasteiger partial charge on any atom is 0.223 e. The van der Waals surface area contributed by atoms with E-state index in [1.165, 1.54) is 6.42 Å². The molecule has 1 aromatic heterocycles. The van der Waals surface area contributed by atoms with Crippen LogP contribution in [-0.4, -0.2) is 42.5 Å². The Labute approximate surface area is 126 Å². The predicted octanol–water partition coefficient (Wildman–Crippen LogP) is 1.89. The number of carbonyl (C=O) groups is 1. The van der Waals surface area contributed by atoms with Gasteiger partial charge in [-0.15, -0.1) is 0 Å². The number of hydrogen-bond acceptors (Lipinski definition) is 4. The van der Waals surface area contributed by atoms with Gasteiger partial charge in [0.15, 0.2) is 0 Å².